The third-order valence-electron chi connectivity index (χ3n) is 4.29. The van der Waals surface area contributed by atoms with Crippen molar-refractivity contribution in [1.29, 1.82) is 0 Å². The Morgan fingerprint density at radius 2 is 1.96 bits per heavy atom. The Morgan fingerprint density at radius 1 is 1.26 bits per heavy atom. The summed E-state index contributed by atoms with van der Waals surface area (Å²) in [7, 11) is 0. The summed E-state index contributed by atoms with van der Waals surface area (Å²) in [5, 5.41) is 2.52. The Bertz CT molecular complexity index is 784. The van der Waals surface area contributed by atoms with E-state index in [9.17, 15) is 14.4 Å². The minimum Gasteiger partial charge on any atom is -0.347 e. The molecule has 1 aromatic heterocycles. The zero-order valence-corrected chi connectivity index (χ0v) is 13.0. The molecule has 122 valence electrons. The van der Waals surface area contributed by atoms with Gasteiger partial charge < -0.3 is 15.2 Å². The number of fused-ring (bicyclic) bond motifs is 1. The van der Waals surface area contributed by atoms with Crippen molar-refractivity contribution in [3.63, 3.8) is 0 Å². The number of aromatic nitrogens is 2. The van der Waals surface area contributed by atoms with Gasteiger partial charge in [-0.1, -0.05) is 12.1 Å². The first kappa shape index (κ1) is 15.3. The maximum absolute atomic E-state index is 12.2. The van der Waals surface area contributed by atoms with Crippen molar-refractivity contribution in [3.05, 3.63) is 34.7 Å². The molecule has 1 fully saturated rings. The lowest BCUT2D eigenvalue weighted by Crippen LogP contribution is -2.44. The summed E-state index contributed by atoms with van der Waals surface area (Å²) in [4.78, 5) is 39.7. The number of piperidine rings is 1. The first-order valence-electron chi connectivity index (χ1n) is 7.77. The molecular formula is C16H20N4O3. The van der Waals surface area contributed by atoms with Crippen LogP contribution in [0, 0.1) is 0 Å². The van der Waals surface area contributed by atoms with Crippen LogP contribution in [0.4, 0.5) is 0 Å². The van der Waals surface area contributed by atoms with E-state index in [0.29, 0.717) is 13.1 Å². The summed E-state index contributed by atoms with van der Waals surface area (Å²) in [5.41, 5.74) is 1.64. The van der Waals surface area contributed by atoms with E-state index in [1.54, 1.807) is 9.47 Å². The van der Waals surface area contributed by atoms with Crippen LogP contribution in [-0.2, 0) is 9.59 Å². The van der Waals surface area contributed by atoms with Crippen LogP contribution in [0.5, 0.6) is 0 Å². The molecule has 1 aromatic carbocycles. The number of aromatic amines is 1. The molecule has 7 heteroatoms. The quantitative estimate of drug-likeness (QED) is 0.870. The Labute approximate surface area is 133 Å². The highest BCUT2D eigenvalue weighted by Gasteiger charge is 2.25. The number of benzene rings is 1. The SMILES string of the molecule is CC(=O)NCC(=O)N1CCC(n2c(=O)[nH]c3ccccc32)CC1. The topological polar surface area (TPSA) is 87.2 Å². The molecule has 0 unspecified atom stereocenters. The number of carbonyl (C=O) groups excluding carboxylic acids is 2. The number of likely N-dealkylation sites (tertiary alicyclic amines) is 1. The fraction of sp³-hybridized carbons (Fsp3) is 0.438. The number of nitrogens with zero attached hydrogens (tertiary/aromatic N) is 2. The van der Waals surface area contributed by atoms with Crippen LogP contribution in [0.3, 0.4) is 0 Å². The number of amides is 2. The molecular weight excluding hydrogens is 296 g/mol. The largest absolute Gasteiger partial charge is 0.347 e. The van der Waals surface area contributed by atoms with Crippen LogP contribution in [0.2, 0.25) is 0 Å². The summed E-state index contributed by atoms with van der Waals surface area (Å²) in [5.74, 6) is -0.288. The number of carbonyl (C=O) groups is 2. The molecule has 1 aliphatic rings. The van der Waals surface area contributed by atoms with E-state index in [2.05, 4.69) is 10.3 Å². The third kappa shape index (κ3) is 3.13. The van der Waals surface area contributed by atoms with E-state index >= 15 is 0 Å². The summed E-state index contributed by atoms with van der Waals surface area (Å²) in [6.45, 7) is 2.61. The molecule has 0 atom stereocenters. The van der Waals surface area contributed by atoms with Gasteiger partial charge in [-0.3, -0.25) is 14.2 Å². The third-order valence-corrected chi connectivity index (χ3v) is 4.29. The van der Waals surface area contributed by atoms with Crippen LogP contribution >= 0.6 is 0 Å². The van der Waals surface area contributed by atoms with E-state index in [4.69, 9.17) is 0 Å². The molecule has 0 radical (unpaired) electrons. The monoisotopic (exact) mass is 316 g/mol. The van der Waals surface area contributed by atoms with Crippen LogP contribution in [0.15, 0.2) is 29.1 Å². The molecule has 1 aliphatic heterocycles. The van der Waals surface area contributed by atoms with E-state index < -0.39 is 0 Å². The van der Waals surface area contributed by atoms with E-state index in [0.717, 1.165) is 23.9 Å². The van der Waals surface area contributed by atoms with Crippen LogP contribution in [-0.4, -0.2) is 45.9 Å². The lowest BCUT2D eigenvalue weighted by atomic mass is 10.0. The fourth-order valence-corrected chi connectivity index (χ4v) is 3.12. The second-order valence-corrected chi connectivity index (χ2v) is 5.84. The van der Waals surface area contributed by atoms with Crippen LogP contribution in [0.25, 0.3) is 11.0 Å². The van der Waals surface area contributed by atoms with Crippen LogP contribution in [0.1, 0.15) is 25.8 Å². The van der Waals surface area contributed by atoms with Gasteiger partial charge >= 0.3 is 5.69 Å². The van der Waals surface area contributed by atoms with Crippen molar-refractivity contribution in [3.8, 4) is 0 Å². The predicted octanol–water partition coefficient (Wildman–Crippen LogP) is 0.629. The van der Waals surface area contributed by atoms with Crippen molar-refractivity contribution in [2.45, 2.75) is 25.8 Å². The molecule has 2 N–H and O–H groups in total. The average Bonchev–Trinajstić information content (AvgIpc) is 2.88. The number of H-pyrrole nitrogens is 1. The molecule has 0 spiro atoms. The number of nitrogens with one attached hydrogen (secondary N) is 2. The van der Waals surface area contributed by atoms with Gasteiger partial charge in [-0.05, 0) is 25.0 Å². The standard InChI is InChI=1S/C16H20N4O3/c1-11(21)17-10-15(22)19-8-6-12(7-9-19)20-14-5-3-2-4-13(14)18-16(20)23/h2-5,12H,6-10H2,1H3,(H,17,21)(H,18,23). The Hall–Kier alpha value is -2.57. The van der Waals surface area contributed by atoms with Gasteiger partial charge in [0.25, 0.3) is 0 Å². The van der Waals surface area contributed by atoms with Gasteiger partial charge in [-0.15, -0.1) is 0 Å². The Kier molecular flexibility index (Phi) is 4.18. The minimum atomic E-state index is -0.210. The van der Waals surface area contributed by atoms with Crippen molar-refractivity contribution in [1.82, 2.24) is 19.8 Å². The molecule has 2 heterocycles. The molecule has 2 aromatic rings. The van der Waals surface area contributed by atoms with Gasteiger partial charge in [0.15, 0.2) is 0 Å². The minimum absolute atomic E-state index is 0.0348. The second kappa shape index (κ2) is 6.28. The summed E-state index contributed by atoms with van der Waals surface area (Å²) >= 11 is 0. The summed E-state index contributed by atoms with van der Waals surface area (Å²) in [6, 6.07) is 7.72. The highest BCUT2D eigenvalue weighted by Crippen LogP contribution is 2.24. The zero-order chi connectivity index (χ0) is 16.4. The number of hydrogen-bond donors (Lipinski definition) is 2. The summed E-state index contributed by atoms with van der Waals surface area (Å²) in [6.07, 6.45) is 1.46. The van der Waals surface area contributed by atoms with Gasteiger partial charge in [0.2, 0.25) is 11.8 Å². The summed E-state index contributed by atoms with van der Waals surface area (Å²) < 4.78 is 1.80. The highest BCUT2D eigenvalue weighted by atomic mass is 16.2. The Morgan fingerprint density at radius 3 is 2.65 bits per heavy atom. The zero-order valence-electron chi connectivity index (χ0n) is 13.0. The molecule has 1 saturated heterocycles. The van der Waals surface area contributed by atoms with Gasteiger partial charge in [-0.2, -0.15) is 0 Å². The smallest absolute Gasteiger partial charge is 0.326 e. The Balaban J connectivity index is 1.69. The molecule has 0 bridgehead atoms. The number of rotatable bonds is 3. The molecule has 0 aliphatic carbocycles. The van der Waals surface area contributed by atoms with Crippen LogP contribution < -0.4 is 11.0 Å². The number of hydrogen-bond acceptors (Lipinski definition) is 3. The van der Waals surface area contributed by atoms with Gasteiger partial charge in [0.1, 0.15) is 0 Å². The van der Waals surface area contributed by atoms with Gasteiger partial charge in [0.05, 0.1) is 17.6 Å². The highest BCUT2D eigenvalue weighted by molar-refractivity contribution is 5.83. The first-order valence-corrected chi connectivity index (χ1v) is 7.77. The lowest BCUT2D eigenvalue weighted by Gasteiger charge is -2.32. The van der Waals surface area contributed by atoms with Crippen molar-refractivity contribution >= 4 is 22.8 Å². The van der Waals surface area contributed by atoms with E-state index in [1.165, 1.54) is 6.92 Å². The first-order chi connectivity index (χ1) is 11.1. The molecule has 23 heavy (non-hydrogen) atoms. The maximum atomic E-state index is 12.2. The van der Waals surface area contributed by atoms with Gasteiger partial charge in [-0.25, -0.2) is 4.79 Å². The van der Waals surface area contributed by atoms with E-state index in [-0.39, 0.29) is 30.1 Å². The maximum Gasteiger partial charge on any atom is 0.326 e. The molecule has 7 nitrogen and oxygen atoms in total. The fourth-order valence-electron chi connectivity index (χ4n) is 3.12. The van der Waals surface area contributed by atoms with Gasteiger partial charge in [0, 0.05) is 26.1 Å². The second-order valence-electron chi connectivity index (χ2n) is 5.84. The van der Waals surface area contributed by atoms with Crippen molar-refractivity contribution < 1.29 is 9.59 Å². The molecule has 0 saturated carbocycles. The van der Waals surface area contributed by atoms with E-state index in [1.807, 2.05) is 24.3 Å². The van der Waals surface area contributed by atoms with Crippen molar-refractivity contribution in [2.24, 2.45) is 0 Å². The van der Waals surface area contributed by atoms with Crippen molar-refractivity contribution in [2.75, 3.05) is 19.6 Å². The average molecular weight is 316 g/mol. The lowest BCUT2D eigenvalue weighted by molar-refractivity contribution is -0.133. The number of imidazole rings is 1. The molecule has 3 rings (SSSR count). The normalized spacial score (nSPS) is 15.8. The predicted molar refractivity (Wildman–Crippen MR) is 86.1 cm³/mol. The number of para-hydroxylation sites is 2. The molecule has 2 amide bonds.